The molecular weight excluding hydrogens is 286 g/mol. The van der Waals surface area contributed by atoms with Crippen LogP contribution in [0.15, 0.2) is 28.0 Å². The zero-order chi connectivity index (χ0) is 14.8. The van der Waals surface area contributed by atoms with Crippen molar-refractivity contribution in [3.63, 3.8) is 0 Å². The zero-order valence-electron chi connectivity index (χ0n) is 11.8. The van der Waals surface area contributed by atoms with Crippen molar-refractivity contribution in [1.82, 2.24) is 9.97 Å². The highest BCUT2D eigenvalue weighted by molar-refractivity contribution is 7.14. The van der Waals surface area contributed by atoms with Crippen LogP contribution in [-0.2, 0) is 0 Å². The molecule has 2 aromatic heterocycles. The average molecular weight is 301 g/mol. The second-order valence-corrected chi connectivity index (χ2v) is 5.68. The van der Waals surface area contributed by atoms with E-state index in [1.165, 1.54) is 11.3 Å². The molecule has 21 heavy (non-hydrogen) atoms. The van der Waals surface area contributed by atoms with E-state index in [0.29, 0.717) is 23.3 Å². The number of oxazole rings is 1. The number of nitrogens with one attached hydrogen (secondary N) is 1. The molecule has 0 atom stereocenters. The van der Waals surface area contributed by atoms with E-state index in [2.05, 4.69) is 15.3 Å². The third-order valence-electron chi connectivity index (χ3n) is 3.02. The number of anilines is 2. The average Bonchev–Trinajstić information content (AvgIpc) is 3.05. The molecule has 0 radical (unpaired) electrons. The number of nitrogens with zero attached hydrogens (tertiary/aromatic N) is 2. The van der Waals surface area contributed by atoms with Crippen molar-refractivity contribution in [3.05, 3.63) is 34.8 Å². The topological polar surface area (TPSA) is 68.0 Å². The summed E-state index contributed by atoms with van der Waals surface area (Å²) < 4.78 is 5.60. The van der Waals surface area contributed by atoms with E-state index in [0.717, 1.165) is 23.1 Å². The van der Waals surface area contributed by atoms with Crippen molar-refractivity contribution in [1.29, 1.82) is 0 Å². The van der Waals surface area contributed by atoms with Crippen molar-refractivity contribution < 1.29 is 9.21 Å². The molecule has 0 amide bonds. The molecule has 0 saturated heterocycles. The summed E-state index contributed by atoms with van der Waals surface area (Å²) in [4.78, 5) is 20.4. The van der Waals surface area contributed by atoms with Crippen LogP contribution in [-0.4, -0.2) is 15.8 Å². The molecule has 0 spiro atoms. The Labute approximate surface area is 126 Å². The lowest BCUT2D eigenvalue weighted by molar-refractivity contribution is 0.0977. The molecule has 2 heterocycles. The molecule has 3 aromatic rings. The van der Waals surface area contributed by atoms with Crippen molar-refractivity contribution in [2.45, 2.75) is 26.7 Å². The van der Waals surface area contributed by atoms with Crippen LogP contribution in [0.1, 0.15) is 35.8 Å². The van der Waals surface area contributed by atoms with Crippen LogP contribution in [0.2, 0.25) is 0 Å². The van der Waals surface area contributed by atoms with E-state index in [1.807, 2.05) is 32.0 Å². The molecule has 5 nitrogen and oxygen atoms in total. The summed E-state index contributed by atoms with van der Waals surface area (Å²) in [5.41, 5.74) is 3.15. The number of carbonyl (C=O) groups is 1. The molecule has 0 unspecified atom stereocenters. The van der Waals surface area contributed by atoms with Gasteiger partial charge in [-0.2, -0.15) is 4.98 Å². The Morgan fingerprint density at radius 1 is 1.38 bits per heavy atom. The van der Waals surface area contributed by atoms with Gasteiger partial charge >= 0.3 is 6.01 Å². The molecular formula is C15H15N3O2S. The number of Topliss-reactive ketones (excluding diaryl/α,β-unsaturated/α-hetero) is 1. The zero-order valence-corrected chi connectivity index (χ0v) is 12.7. The summed E-state index contributed by atoms with van der Waals surface area (Å²) in [5, 5.41) is 5.37. The van der Waals surface area contributed by atoms with Gasteiger partial charge in [0, 0.05) is 11.8 Å². The number of carbonyl (C=O) groups excluding carboxylic acids is 1. The maximum atomic E-state index is 11.8. The van der Waals surface area contributed by atoms with E-state index >= 15 is 0 Å². The second-order valence-electron chi connectivity index (χ2n) is 4.83. The van der Waals surface area contributed by atoms with Crippen molar-refractivity contribution in [2.24, 2.45) is 0 Å². The minimum absolute atomic E-state index is 0.0648. The van der Waals surface area contributed by atoms with E-state index < -0.39 is 0 Å². The predicted octanol–water partition coefficient (Wildman–Crippen LogP) is 4.32. The summed E-state index contributed by atoms with van der Waals surface area (Å²) in [6.45, 7) is 3.98. The number of thiazole rings is 1. The van der Waals surface area contributed by atoms with E-state index in [1.54, 1.807) is 5.38 Å². The number of hydrogen-bond donors (Lipinski definition) is 1. The minimum atomic E-state index is 0.0648. The van der Waals surface area contributed by atoms with Crippen molar-refractivity contribution in [3.8, 4) is 0 Å². The fourth-order valence-electron chi connectivity index (χ4n) is 2.00. The van der Waals surface area contributed by atoms with Gasteiger partial charge in [0.2, 0.25) is 0 Å². The first kappa shape index (κ1) is 13.8. The molecule has 0 bridgehead atoms. The lowest BCUT2D eigenvalue weighted by Crippen LogP contribution is -1.99. The Morgan fingerprint density at radius 2 is 2.24 bits per heavy atom. The monoisotopic (exact) mass is 301 g/mol. The maximum Gasteiger partial charge on any atom is 0.302 e. The molecule has 6 heteroatoms. The van der Waals surface area contributed by atoms with Crippen LogP contribution in [0.25, 0.3) is 11.1 Å². The fourth-order valence-corrected chi connectivity index (χ4v) is 2.70. The molecule has 3 rings (SSSR count). The van der Waals surface area contributed by atoms with Gasteiger partial charge in [-0.25, -0.2) is 4.98 Å². The summed E-state index contributed by atoms with van der Waals surface area (Å²) in [7, 11) is 0. The van der Waals surface area contributed by atoms with Crippen LogP contribution in [0, 0.1) is 6.92 Å². The Balaban J connectivity index is 1.80. The van der Waals surface area contributed by atoms with Crippen LogP contribution in [0.5, 0.6) is 0 Å². The summed E-state index contributed by atoms with van der Waals surface area (Å²) in [5.74, 6) is 0.0648. The number of fused-ring (bicyclic) bond motifs is 1. The lowest BCUT2D eigenvalue weighted by atomic mass is 10.2. The fraction of sp³-hybridized carbons (Fsp3) is 0.267. The normalized spacial score (nSPS) is 11.0. The Kier molecular flexibility index (Phi) is 3.70. The maximum absolute atomic E-state index is 11.8. The van der Waals surface area contributed by atoms with Gasteiger partial charge in [-0.3, -0.25) is 10.1 Å². The van der Waals surface area contributed by atoms with Crippen LogP contribution in [0.3, 0.4) is 0 Å². The smallest absolute Gasteiger partial charge is 0.302 e. The third kappa shape index (κ3) is 2.95. The first-order valence-electron chi connectivity index (χ1n) is 6.78. The van der Waals surface area contributed by atoms with Gasteiger partial charge in [0.1, 0.15) is 11.2 Å². The summed E-state index contributed by atoms with van der Waals surface area (Å²) in [6.07, 6.45) is 1.34. The molecule has 1 N–H and O–H groups in total. The highest BCUT2D eigenvalue weighted by Gasteiger charge is 2.12. The first-order chi connectivity index (χ1) is 10.2. The van der Waals surface area contributed by atoms with Gasteiger partial charge in [0.05, 0.1) is 0 Å². The van der Waals surface area contributed by atoms with Gasteiger partial charge in [-0.05, 0) is 31.0 Å². The number of ketones is 1. The van der Waals surface area contributed by atoms with E-state index in [9.17, 15) is 4.79 Å². The number of aryl methyl sites for hydroxylation is 1. The van der Waals surface area contributed by atoms with Crippen molar-refractivity contribution >= 4 is 39.4 Å². The Hall–Kier alpha value is -2.21. The third-order valence-corrected chi connectivity index (χ3v) is 3.78. The van der Waals surface area contributed by atoms with E-state index in [-0.39, 0.29) is 5.78 Å². The van der Waals surface area contributed by atoms with Gasteiger partial charge < -0.3 is 4.42 Å². The van der Waals surface area contributed by atoms with Crippen LogP contribution < -0.4 is 5.32 Å². The molecule has 0 aliphatic rings. The van der Waals surface area contributed by atoms with Gasteiger partial charge in [-0.15, -0.1) is 11.3 Å². The molecule has 1 aromatic carbocycles. The number of aromatic nitrogens is 2. The molecule has 0 saturated carbocycles. The molecule has 0 aliphatic heterocycles. The van der Waals surface area contributed by atoms with Crippen LogP contribution >= 0.6 is 11.3 Å². The van der Waals surface area contributed by atoms with Gasteiger partial charge in [0.15, 0.2) is 16.5 Å². The standard InChI is InChI=1S/C15H15N3O2S/c1-3-4-12(19)11-8-21-15(17-11)18-14-16-10-7-9(2)5-6-13(10)20-14/h5-8H,3-4H2,1-2H3,(H,16,17,18). The SMILES string of the molecule is CCCC(=O)c1csc(Nc2nc3cc(C)ccc3o2)n1. The van der Waals surface area contributed by atoms with Gasteiger partial charge in [0.25, 0.3) is 0 Å². The lowest BCUT2D eigenvalue weighted by Gasteiger charge is -1.94. The first-order valence-corrected chi connectivity index (χ1v) is 7.66. The molecule has 0 aliphatic carbocycles. The quantitative estimate of drug-likeness (QED) is 0.711. The summed E-state index contributed by atoms with van der Waals surface area (Å²) >= 11 is 1.37. The highest BCUT2D eigenvalue weighted by Crippen LogP contribution is 2.25. The second kappa shape index (κ2) is 5.65. The largest absolute Gasteiger partial charge is 0.423 e. The number of rotatable bonds is 5. The van der Waals surface area contributed by atoms with E-state index in [4.69, 9.17) is 4.42 Å². The minimum Gasteiger partial charge on any atom is -0.423 e. The Morgan fingerprint density at radius 3 is 3.05 bits per heavy atom. The number of benzene rings is 1. The number of hydrogen-bond acceptors (Lipinski definition) is 6. The summed E-state index contributed by atoms with van der Waals surface area (Å²) in [6, 6.07) is 6.21. The molecule has 0 fully saturated rings. The van der Waals surface area contributed by atoms with Crippen molar-refractivity contribution in [2.75, 3.05) is 5.32 Å². The highest BCUT2D eigenvalue weighted by atomic mass is 32.1. The van der Waals surface area contributed by atoms with Gasteiger partial charge in [-0.1, -0.05) is 13.0 Å². The molecule has 108 valence electrons. The predicted molar refractivity (Wildman–Crippen MR) is 83.4 cm³/mol. The van der Waals surface area contributed by atoms with Crippen LogP contribution in [0.4, 0.5) is 11.1 Å². The Bertz CT molecular complexity index is 791.